The van der Waals surface area contributed by atoms with E-state index >= 15 is 0 Å². The molecule has 460 valence electrons. The van der Waals surface area contributed by atoms with Gasteiger partial charge in [-0.05, 0) is 122 Å². The van der Waals surface area contributed by atoms with Crippen molar-refractivity contribution in [2.75, 3.05) is 84.2 Å². The number of β-amino-alcohol motifs (C(OH)–C–C–N with tert-alkyl or cyclic N) is 1. The van der Waals surface area contributed by atoms with E-state index in [-0.39, 0.29) is 42.9 Å². The number of amides is 3. The van der Waals surface area contributed by atoms with Gasteiger partial charge in [0.1, 0.15) is 17.6 Å². The third-order valence-electron chi connectivity index (χ3n) is 16.3. The van der Waals surface area contributed by atoms with Gasteiger partial charge in [0.05, 0.1) is 54.3 Å². The Bertz CT molecular complexity index is 3070. The number of aryl methyl sites for hydroxylation is 2. The van der Waals surface area contributed by atoms with E-state index in [0.29, 0.717) is 70.2 Å². The SMILES string of the molecule is Cc1ccc(NC(=O)c2ccc(CN3CCN(CCCCCCOCCOCCOCCCCCC(=O)C[C@H](C(=O)N4C[C@H](O)C[C@H]4C(=O)NCc4ccc(-c5scnc5C)cc4)C(C)(C)C)CC3)cc2)cc1Cc1nccc(-c2cccnc2)n1. The highest BCUT2D eigenvalue weighted by atomic mass is 32.1. The number of nitrogens with zero attached hydrogens (tertiary/aromatic N) is 7. The van der Waals surface area contributed by atoms with Crippen molar-refractivity contribution in [2.24, 2.45) is 11.3 Å². The van der Waals surface area contributed by atoms with E-state index in [2.05, 4.69) is 54.4 Å². The number of carbonyl (C=O) groups is 4. The summed E-state index contributed by atoms with van der Waals surface area (Å²) in [4.78, 5) is 79.6. The fraction of sp³-hybridized carbons (Fsp3) is 0.500. The monoisotopic (exact) mass is 1190 g/mol. The maximum absolute atomic E-state index is 14.1. The molecule has 8 rings (SSSR count). The largest absolute Gasteiger partial charge is 0.391 e. The zero-order chi connectivity index (χ0) is 60.7. The number of nitrogens with one attached hydrogen (secondary N) is 2. The summed E-state index contributed by atoms with van der Waals surface area (Å²) in [5.74, 6) is -0.583. The van der Waals surface area contributed by atoms with Gasteiger partial charge in [0, 0.05) is 126 Å². The molecule has 0 radical (unpaired) electrons. The summed E-state index contributed by atoms with van der Waals surface area (Å²) in [5.41, 5.74) is 10.8. The van der Waals surface area contributed by atoms with Crippen LogP contribution in [0.15, 0.2) is 109 Å². The fourth-order valence-electron chi connectivity index (χ4n) is 11.1. The first kappa shape index (κ1) is 65.3. The van der Waals surface area contributed by atoms with Gasteiger partial charge in [-0.1, -0.05) is 82.5 Å². The average Bonchev–Trinajstić information content (AvgIpc) is 4.05. The number of carbonyl (C=O) groups excluding carboxylic acids is 4. The molecule has 3 amide bonds. The molecule has 18 heteroatoms. The number of likely N-dealkylation sites (tertiary alicyclic amines) is 1. The van der Waals surface area contributed by atoms with Gasteiger partial charge in [-0.3, -0.25) is 29.1 Å². The molecule has 17 nitrogen and oxygen atoms in total. The van der Waals surface area contributed by atoms with Crippen LogP contribution in [0.2, 0.25) is 0 Å². The van der Waals surface area contributed by atoms with Crippen molar-refractivity contribution in [3.05, 3.63) is 148 Å². The lowest BCUT2D eigenvalue weighted by molar-refractivity contribution is -0.146. The van der Waals surface area contributed by atoms with Crippen molar-refractivity contribution >= 4 is 40.5 Å². The Balaban J connectivity index is 0.596. The lowest BCUT2D eigenvalue weighted by Crippen LogP contribution is -2.50. The second-order valence-electron chi connectivity index (χ2n) is 24.0. The molecule has 0 saturated carbocycles. The van der Waals surface area contributed by atoms with Crippen molar-refractivity contribution in [3.8, 4) is 21.7 Å². The lowest BCUT2D eigenvalue weighted by atomic mass is 9.76. The molecule has 3 atom stereocenters. The summed E-state index contributed by atoms with van der Waals surface area (Å²) in [5, 5.41) is 16.7. The van der Waals surface area contributed by atoms with Crippen molar-refractivity contribution in [3.63, 3.8) is 0 Å². The lowest BCUT2D eigenvalue weighted by Gasteiger charge is -2.34. The molecule has 0 aliphatic carbocycles. The molecule has 86 heavy (non-hydrogen) atoms. The molecule has 3 aromatic heterocycles. The molecule has 5 heterocycles. The van der Waals surface area contributed by atoms with E-state index < -0.39 is 23.5 Å². The van der Waals surface area contributed by atoms with E-state index in [0.717, 1.165) is 121 Å². The number of aromatic nitrogens is 4. The number of piperazine rings is 1. The number of Topliss-reactive ketones (excluding diaryl/α,β-unsaturated/α-hetero) is 1. The van der Waals surface area contributed by atoms with Crippen LogP contribution in [0, 0.1) is 25.2 Å². The molecule has 2 saturated heterocycles. The summed E-state index contributed by atoms with van der Waals surface area (Å²) in [6.45, 7) is 19.9. The third-order valence-corrected chi connectivity index (χ3v) is 17.3. The number of rotatable bonds is 33. The van der Waals surface area contributed by atoms with Gasteiger partial charge >= 0.3 is 0 Å². The summed E-state index contributed by atoms with van der Waals surface area (Å²) in [6.07, 6.45) is 12.6. The second kappa shape index (κ2) is 33.5. The Morgan fingerprint density at radius 1 is 0.744 bits per heavy atom. The van der Waals surface area contributed by atoms with Crippen LogP contribution in [0.1, 0.15) is 129 Å². The molecule has 2 aliphatic heterocycles. The summed E-state index contributed by atoms with van der Waals surface area (Å²) in [7, 11) is 0. The normalized spacial score (nSPS) is 16.1. The van der Waals surface area contributed by atoms with E-state index in [1.807, 2.05) is 106 Å². The molecular weight excluding hydrogens is 1100 g/mol. The van der Waals surface area contributed by atoms with E-state index in [9.17, 15) is 24.3 Å². The smallest absolute Gasteiger partial charge is 0.255 e. The Labute approximate surface area is 512 Å². The molecule has 2 fully saturated rings. The standard InChI is InChI=1S/C68H89N9O8S/c1-49-16-25-57(40-56(49)41-63-70-28-26-61(74-63)55-14-13-27-69-45-55)73-65(80)54-23-19-52(20-24-54)46-76-32-30-75(31-33-76)29-10-6-7-11-34-83-36-38-85-39-37-84-35-12-8-9-15-58(78)42-60(68(3,4)5)67(82)77-47-59(79)43-62(77)66(81)71-44-51-17-21-53(22-18-51)64-50(2)72-48-86-64/h13-14,16-28,40,45,48,59-60,62,79H,6-12,15,29-39,41-44,46-47H2,1-5H3,(H,71,81)(H,73,80)/t59-,60-,62+/m1/s1. The minimum Gasteiger partial charge on any atom is -0.391 e. The van der Waals surface area contributed by atoms with Gasteiger partial charge in [-0.15, -0.1) is 11.3 Å². The van der Waals surface area contributed by atoms with Gasteiger partial charge < -0.3 is 39.8 Å². The van der Waals surface area contributed by atoms with Crippen LogP contribution in [0.3, 0.4) is 0 Å². The van der Waals surface area contributed by atoms with Gasteiger partial charge in [0.2, 0.25) is 11.8 Å². The molecule has 0 bridgehead atoms. The number of hydrogen-bond acceptors (Lipinski definition) is 15. The van der Waals surface area contributed by atoms with E-state index in [1.165, 1.54) is 23.3 Å². The molecule has 3 aromatic carbocycles. The Hall–Kier alpha value is -6.64. The number of hydrogen-bond donors (Lipinski definition) is 3. The number of ether oxygens (including phenoxy) is 3. The number of unbranched alkanes of at least 4 members (excludes halogenated alkanes) is 5. The summed E-state index contributed by atoms with van der Waals surface area (Å²) >= 11 is 1.59. The minimum atomic E-state index is -0.809. The quantitative estimate of drug-likeness (QED) is 0.0329. The van der Waals surface area contributed by atoms with Crippen LogP contribution in [0.4, 0.5) is 5.69 Å². The number of anilines is 1. The highest BCUT2D eigenvalue weighted by molar-refractivity contribution is 7.13. The number of aliphatic hydroxyl groups is 1. The van der Waals surface area contributed by atoms with Gasteiger partial charge in [-0.2, -0.15) is 0 Å². The number of pyridine rings is 1. The average molecular weight is 1190 g/mol. The molecule has 3 N–H and O–H groups in total. The maximum Gasteiger partial charge on any atom is 0.255 e. The summed E-state index contributed by atoms with van der Waals surface area (Å²) in [6, 6.07) is 26.9. The topological polar surface area (TPSA) is 202 Å². The number of aliphatic hydroxyl groups excluding tert-OH is 1. The first-order valence-corrected chi connectivity index (χ1v) is 31.7. The first-order chi connectivity index (χ1) is 41.7. The van der Waals surface area contributed by atoms with Crippen LogP contribution in [-0.2, 0) is 48.1 Å². The van der Waals surface area contributed by atoms with Crippen molar-refractivity contribution in [1.82, 2.24) is 40.0 Å². The molecule has 6 aromatic rings. The van der Waals surface area contributed by atoms with Crippen LogP contribution >= 0.6 is 11.3 Å². The minimum absolute atomic E-state index is 0.0273. The van der Waals surface area contributed by atoms with Gasteiger partial charge in [0.25, 0.3) is 5.91 Å². The number of benzene rings is 3. The summed E-state index contributed by atoms with van der Waals surface area (Å²) < 4.78 is 17.3. The van der Waals surface area contributed by atoms with Crippen LogP contribution in [-0.4, -0.2) is 154 Å². The first-order valence-electron chi connectivity index (χ1n) is 30.8. The predicted octanol–water partition coefficient (Wildman–Crippen LogP) is 10.3. The number of ketones is 1. The van der Waals surface area contributed by atoms with E-state index in [4.69, 9.17) is 19.2 Å². The number of thiazole rings is 1. The predicted molar refractivity (Wildman–Crippen MR) is 338 cm³/mol. The zero-order valence-corrected chi connectivity index (χ0v) is 52.0. The Kier molecular flexibility index (Phi) is 25.4. The molecule has 0 unspecified atom stereocenters. The van der Waals surface area contributed by atoms with E-state index in [1.54, 1.807) is 29.9 Å². The fourth-order valence-corrected chi connectivity index (χ4v) is 11.9. The Morgan fingerprint density at radius 2 is 1.43 bits per heavy atom. The zero-order valence-electron chi connectivity index (χ0n) is 51.1. The second-order valence-corrected chi connectivity index (χ2v) is 24.8. The highest BCUT2D eigenvalue weighted by Crippen LogP contribution is 2.34. The molecule has 2 aliphatic rings. The highest BCUT2D eigenvalue weighted by Gasteiger charge is 2.44. The maximum atomic E-state index is 14.1. The van der Waals surface area contributed by atoms with Crippen LogP contribution in [0.25, 0.3) is 21.7 Å². The van der Waals surface area contributed by atoms with Gasteiger partial charge in [-0.25, -0.2) is 15.0 Å². The van der Waals surface area contributed by atoms with Crippen LogP contribution in [0.5, 0.6) is 0 Å². The van der Waals surface area contributed by atoms with Crippen molar-refractivity contribution in [2.45, 2.75) is 130 Å². The van der Waals surface area contributed by atoms with Crippen molar-refractivity contribution < 1.29 is 38.5 Å². The molecular formula is C68H89N9O8S. The van der Waals surface area contributed by atoms with Crippen LogP contribution < -0.4 is 10.6 Å². The molecule has 0 spiro atoms. The Morgan fingerprint density at radius 3 is 2.12 bits per heavy atom. The third kappa shape index (κ3) is 20.5. The van der Waals surface area contributed by atoms with Crippen molar-refractivity contribution in [1.29, 1.82) is 0 Å². The van der Waals surface area contributed by atoms with Gasteiger partial charge in [0.15, 0.2) is 0 Å².